The fraction of sp³-hybridized carbons (Fsp3) is 0.130. The first kappa shape index (κ1) is 17.8. The van der Waals surface area contributed by atoms with Gasteiger partial charge in [0.15, 0.2) is 5.65 Å². The summed E-state index contributed by atoms with van der Waals surface area (Å²) < 4.78 is 0. The van der Waals surface area contributed by atoms with E-state index < -0.39 is 0 Å². The summed E-state index contributed by atoms with van der Waals surface area (Å²) in [5.41, 5.74) is 7.27. The molecule has 0 aliphatic carbocycles. The van der Waals surface area contributed by atoms with Gasteiger partial charge in [-0.25, -0.2) is 19.9 Å². The van der Waals surface area contributed by atoms with Gasteiger partial charge in [-0.1, -0.05) is 67.2 Å². The standard InChI is InChI=1S/C23H19N5S/c1-2-15-9-6-10-17-11-18(20(28-19(15)17)16-7-4-3-5-8-16)12-29-23-21-22(25-13-24-21)26-14-27-23/h3-11,13-14H,2,12H2,1H3,(H,24,25,26,27). The first-order chi connectivity index (χ1) is 14.3. The van der Waals surface area contributed by atoms with Crippen LogP contribution >= 0.6 is 11.8 Å². The van der Waals surface area contributed by atoms with E-state index in [1.807, 2.05) is 6.07 Å². The summed E-state index contributed by atoms with van der Waals surface area (Å²) in [6, 6.07) is 19.1. The number of aromatic amines is 1. The van der Waals surface area contributed by atoms with E-state index in [2.05, 4.69) is 75.4 Å². The molecule has 6 heteroatoms. The lowest BCUT2D eigenvalue weighted by molar-refractivity contribution is 1.08. The second-order valence-corrected chi connectivity index (χ2v) is 7.74. The molecule has 0 radical (unpaired) electrons. The van der Waals surface area contributed by atoms with Crippen LogP contribution in [0.3, 0.4) is 0 Å². The normalized spacial score (nSPS) is 11.3. The Morgan fingerprint density at radius 1 is 0.931 bits per heavy atom. The molecule has 29 heavy (non-hydrogen) atoms. The number of para-hydroxylation sites is 1. The Kier molecular flexibility index (Phi) is 4.69. The highest BCUT2D eigenvalue weighted by molar-refractivity contribution is 7.98. The van der Waals surface area contributed by atoms with E-state index in [1.54, 1.807) is 24.4 Å². The fourth-order valence-corrected chi connectivity index (χ4v) is 4.47. The van der Waals surface area contributed by atoms with Crippen LogP contribution in [-0.2, 0) is 12.2 Å². The third-order valence-corrected chi connectivity index (χ3v) is 6.03. The van der Waals surface area contributed by atoms with E-state index in [9.17, 15) is 0 Å². The number of hydrogen-bond acceptors (Lipinski definition) is 5. The highest BCUT2D eigenvalue weighted by Gasteiger charge is 2.13. The number of hydrogen-bond donors (Lipinski definition) is 1. The molecular formula is C23H19N5S. The van der Waals surface area contributed by atoms with Gasteiger partial charge in [0, 0.05) is 16.7 Å². The summed E-state index contributed by atoms with van der Waals surface area (Å²) in [4.78, 5) is 21.1. The summed E-state index contributed by atoms with van der Waals surface area (Å²) in [6.07, 6.45) is 4.18. The van der Waals surface area contributed by atoms with E-state index >= 15 is 0 Å². The molecule has 0 saturated heterocycles. The van der Waals surface area contributed by atoms with Crippen molar-refractivity contribution in [3.63, 3.8) is 0 Å². The minimum absolute atomic E-state index is 0.690. The van der Waals surface area contributed by atoms with Crippen molar-refractivity contribution in [2.24, 2.45) is 0 Å². The summed E-state index contributed by atoms with van der Waals surface area (Å²) in [5.74, 6) is 0.759. The number of aromatic nitrogens is 5. The van der Waals surface area contributed by atoms with Gasteiger partial charge in [0.25, 0.3) is 0 Å². The molecule has 0 saturated carbocycles. The molecule has 5 rings (SSSR count). The van der Waals surface area contributed by atoms with Gasteiger partial charge in [-0.2, -0.15) is 0 Å². The van der Waals surface area contributed by atoms with Crippen molar-refractivity contribution in [3.8, 4) is 11.3 Å². The molecule has 0 aliphatic rings. The number of fused-ring (bicyclic) bond motifs is 2. The van der Waals surface area contributed by atoms with Gasteiger partial charge in [0.05, 0.1) is 17.5 Å². The summed E-state index contributed by atoms with van der Waals surface area (Å²) in [5, 5.41) is 2.07. The summed E-state index contributed by atoms with van der Waals surface area (Å²) >= 11 is 1.67. The van der Waals surface area contributed by atoms with Crippen LogP contribution in [0, 0.1) is 0 Å². The predicted octanol–water partition coefficient (Wildman–Crippen LogP) is 5.42. The molecule has 5 nitrogen and oxygen atoms in total. The van der Waals surface area contributed by atoms with Gasteiger partial charge in [-0.3, -0.25) is 0 Å². The summed E-state index contributed by atoms with van der Waals surface area (Å²) in [6.45, 7) is 2.17. The number of thioether (sulfide) groups is 1. The summed E-state index contributed by atoms with van der Waals surface area (Å²) in [7, 11) is 0. The van der Waals surface area contributed by atoms with Crippen molar-refractivity contribution in [2.75, 3.05) is 0 Å². The molecule has 0 spiro atoms. The van der Waals surface area contributed by atoms with Crippen molar-refractivity contribution < 1.29 is 0 Å². The largest absolute Gasteiger partial charge is 0.341 e. The van der Waals surface area contributed by atoms with Crippen LogP contribution in [0.1, 0.15) is 18.1 Å². The van der Waals surface area contributed by atoms with E-state index in [0.717, 1.165) is 39.5 Å². The Hall–Kier alpha value is -3.25. The minimum Gasteiger partial charge on any atom is -0.341 e. The van der Waals surface area contributed by atoms with Gasteiger partial charge < -0.3 is 4.98 Å². The maximum absolute atomic E-state index is 5.11. The first-order valence-corrected chi connectivity index (χ1v) is 10.6. The van der Waals surface area contributed by atoms with Gasteiger partial charge >= 0.3 is 0 Å². The predicted molar refractivity (Wildman–Crippen MR) is 118 cm³/mol. The van der Waals surface area contributed by atoms with Crippen molar-refractivity contribution in [1.29, 1.82) is 0 Å². The second-order valence-electron chi connectivity index (χ2n) is 6.77. The molecule has 0 fully saturated rings. The van der Waals surface area contributed by atoms with Crippen molar-refractivity contribution in [1.82, 2.24) is 24.9 Å². The van der Waals surface area contributed by atoms with Crippen molar-refractivity contribution in [2.45, 2.75) is 24.1 Å². The van der Waals surface area contributed by atoms with Gasteiger partial charge in [0.1, 0.15) is 16.9 Å². The van der Waals surface area contributed by atoms with Crippen LogP contribution in [0.4, 0.5) is 0 Å². The molecule has 142 valence electrons. The number of rotatable bonds is 5. The Balaban J connectivity index is 1.61. The van der Waals surface area contributed by atoms with E-state index in [4.69, 9.17) is 4.98 Å². The first-order valence-electron chi connectivity index (χ1n) is 9.57. The molecule has 0 amide bonds. The Morgan fingerprint density at radius 3 is 2.69 bits per heavy atom. The molecular weight excluding hydrogens is 378 g/mol. The van der Waals surface area contributed by atoms with Crippen LogP contribution in [0.25, 0.3) is 33.3 Å². The third-order valence-electron chi connectivity index (χ3n) is 4.99. The molecule has 0 atom stereocenters. The monoisotopic (exact) mass is 397 g/mol. The van der Waals surface area contributed by atoms with Crippen molar-refractivity contribution in [3.05, 3.63) is 78.4 Å². The molecule has 2 aromatic carbocycles. The zero-order chi connectivity index (χ0) is 19.6. The molecule has 0 unspecified atom stereocenters. The number of imidazole rings is 1. The second kappa shape index (κ2) is 7.64. The topological polar surface area (TPSA) is 67.3 Å². The van der Waals surface area contributed by atoms with Crippen LogP contribution < -0.4 is 0 Å². The van der Waals surface area contributed by atoms with E-state index in [1.165, 1.54) is 16.5 Å². The fourth-order valence-electron chi connectivity index (χ4n) is 3.54. The number of pyridine rings is 1. The minimum atomic E-state index is 0.690. The van der Waals surface area contributed by atoms with Crippen LogP contribution in [0.2, 0.25) is 0 Å². The average Bonchev–Trinajstić information content (AvgIpc) is 3.26. The van der Waals surface area contributed by atoms with E-state index in [-0.39, 0.29) is 0 Å². The number of benzene rings is 2. The number of nitrogens with one attached hydrogen (secondary N) is 1. The lowest BCUT2D eigenvalue weighted by Gasteiger charge is -2.13. The highest BCUT2D eigenvalue weighted by Crippen LogP contribution is 2.33. The maximum Gasteiger partial charge on any atom is 0.181 e. The highest BCUT2D eigenvalue weighted by atomic mass is 32.2. The van der Waals surface area contributed by atoms with Crippen LogP contribution in [-0.4, -0.2) is 24.9 Å². The molecule has 3 heterocycles. The lowest BCUT2D eigenvalue weighted by Crippen LogP contribution is -1.96. The lowest BCUT2D eigenvalue weighted by atomic mass is 10.0. The number of aryl methyl sites for hydroxylation is 1. The Morgan fingerprint density at radius 2 is 1.83 bits per heavy atom. The van der Waals surface area contributed by atoms with Gasteiger partial charge in [-0.15, -0.1) is 0 Å². The van der Waals surface area contributed by atoms with Crippen LogP contribution in [0.15, 0.2) is 72.3 Å². The number of H-pyrrole nitrogens is 1. The zero-order valence-electron chi connectivity index (χ0n) is 16.0. The maximum atomic E-state index is 5.11. The van der Waals surface area contributed by atoms with E-state index in [0.29, 0.717) is 5.65 Å². The molecule has 0 bridgehead atoms. The smallest absolute Gasteiger partial charge is 0.181 e. The van der Waals surface area contributed by atoms with Crippen LogP contribution in [0.5, 0.6) is 0 Å². The van der Waals surface area contributed by atoms with Gasteiger partial charge in [-0.05, 0) is 23.6 Å². The zero-order valence-corrected chi connectivity index (χ0v) is 16.8. The Labute approximate surface area is 172 Å². The third kappa shape index (κ3) is 3.36. The molecule has 5 aromatic rings. The molecule has 1 N–H and O–H groups in total. The van der Waals surface area contributed by atoms with Gasteiger partial charge in [0.2, 0.25) is 0 Å². The SMILES string of the molecule is CCc1cccc2cc(CSc3ncnc4nc[nH]c34)c(-c3ccccc3)nc12. The number of nitrogens with zero attached hydrogens (tertiary/aromatic N) is 4. The molecule has 3 aromatic heterocycles. The average molecular weight is 398 g/mol. The Bertz CT molecular complexity index is 1300. The van der Waals surface area contributed by atoms with Crippen molar-refractivity contribution >= 4 is 33.8 Å². The molecule has 0 aliphatic heterocycles. The quantitative estimate of drug-likeness (QED) is 0.317.